The molecule has 0 heterocycles. The average Bonchev–Trinajstić information content (AvgIpc) is 3.52. The third kappa shape index (κ3) is 6.10. The molecule has 2 aromatic carbocycles. The number of benzene rings is 2. The molecule has 152 valence electrons. The molecule has 29 heavy (non-hydrogen) atoms. The third-order valence-corrected chi connectivity index (χ3v) is 4.58. The van der Waals surface area contributed by atoms with E-state index in [0.29, 0.717) is 27.1 Å². The van der Waals surface area contributed by atoms with Gasteiger partial charge in [0.15, 0.2) is 11.5 Å². The summed E-state index contributed by atoms with van der Waals surface area (Å²) < 4.78 is 11.1. The highest BCUT2D eigenvalue weighted by molar-refractivity contribution is 6.35. The highest BCUT2D eigenvalue weighted by Crippen LogP contribution is 2.36. The number of hydrogen-bond donors (Lipinski definition) is 2. The lowest BCUT2D eigenvalue weighted by Crippen LogP contribution is -2.38. The fourth-order valence-electron chi connectivity index (χ4n) is 2.39. The molecule has 0 spiro atoms. The Balaban J connectivity index is 1.63. The van der Waals surface area contributed by atoms with Gasteiger partial charge >= 0.3 is 11.8 Å². The van der Waals surface area contributed by atoms with Crippen molar-refractivity contribution >= 4 is 41.2 Å². The highest BCUT2D eigenvalue weighted by Gasteiger charge is 2.26. The van der Waals surface area contributed by atoms with E-state index in [4.69, 9.17) is 32.7 Å². The van der Waals surface area contributed by atoms with E-state index < -0.39 is 11.8 Å². The second kappa shape index (κ2) is 9.62. The molecule has 9 heteroatoms. The smallest absolute Gasteiger partial charge is 0.329 e. The molecule has 0 bridgehead atoms. The Morgan fingerprint density at radius 3 is 2.55 bits per heavy atom. The van der Waals surface area contributed by atoms with Gasteiger partial charge in [-0.1, -0.05) is 35.3 Å². The third-order valence-electron chi connectivity index (χ3n) is 4.05. The first-order chi connectivity index (χ1) is 14.0. The zero-order valence-electron chi connectivity index (χ0n) is 15.6. The summed E-state index contributed by atoms with van der Waals surface area (Å²) in [5.41, 5.74) is 3.66. The molecule has 2 N–H and O–H groups in total. The van der Waals surface area contributed by atoms with Crippen molar-refractivity contribution < 1.29 is 19.1 Å². The van der Waals surface area contributed by atoms with E-state index in [2.05, 4.69) is 15.8 Å². The standard InChI is InChI=1S/C20H19Cl2N3O4/c1-28-17-9-13(10-23-25-20(27)19(26)24-15-6-7-15)8-16(22)18(17)29-11-12-2-4-14(21)5-3-12/h2-5,8-10,15H,6-7,11H2,1H3,(H,24,26)(H,25,27)/b23-10-. The Kier molecular flexibility index (Phi) is 6.95. The lowest BCUT2D eigenvalue weighted by atomic mass is 10.2. The summed E-state index contributed by atoms with van der Waals surface area (Å²) in [4.78, 5) is 23.2. The number of carbonyl (C=O) groups is 2. The van der Waals surface area contributed by atoms with Crippen molar-refractivity contribution in [3.8, 4) is 11.5 Å². The summed E-state index contributed by atoms with van der Waals surface area (Å²) in [5, 5.41) is 7.32. The van der Waals surface area contributed by atoms with Crippen molar-refractivity contribution in [1.82, 2.24) is 10.7 Å². The number of halogens is 2. The maximum Gasteiger partial charge on any atom is 0.329 e. The minimum absolute atomic E-state index is 0.0979. The molecule has 0 aliphatic heterocycles. The fourth-order valence-corrected chi connectivity index (χ4v) is 2.79. The molecule has 0 saturated heterocycles. The molecule has 1 aliphatic rings. The summed E-state index contributed by atoms with van der Waals surface area (Å²) in [6.45, 7) is 0.285. The molecule has 0 unspecified atom stereocenters. The predicted molar refractivity (Wildman–Crippen MR) is 111 cm³/mol. The molecular weight excluding hydrogens is 417 g/mol. The van der Waals surface area contributed by atoms with Crippen molar-refractivity contribution in [2.24, 2.45) is 5.10 Å². The normalized spacial score (nSPS) is 13.2. The van der Waals surface area contributed by atoms with E-state index >= 15 is 0 Å². The zero-order chi connectivity index (χ0) is 20.8. The lowest BCUT2D eigenvalue weighted by molar-refractivity contribution is -0.139. The van der Waals surface area contributed by atoms with E-state index in [1.165, 1.54) is 13.3 Å². The van der Waals surface area contributed by atoms with Crippen molar-refractivity contribution in [2.75, 3.05) is 7.11 Å². The lowest BCUT2D eigenvalue weighted by Gasteiger charge is -2.13. The number of hydrogen-bond acceptors (Lipinski definition) is 5. The first-order valence-corrected chi connectivity index (χ1v) is 9.60. The van der Waals surface area contributed by atoms with Crippen LogP contribution in [0.2, 0.25) is 10.0 Å². The average molecular weight is 436 g/mol. The summed E-state index contributed by atoms with van der Waals surface area (Å²) >= 11 is 12.2. The fraction of sp³-hybridized carbons (Fsp3) is 0.250. The van der Waals surface area contributed by atoms with Crippen LogP contribution >= 0.6 is 23.2 Å². The Morgan fingerprint density at radius 1 is 1.17 bits per heavy atom. The minimum Gasteiger partial charge on any atom is -0.493 e. The molecular formula is C20H19Cl2N3O4. The molecule has 1 saturated carbocycles. The van der Waals surface area contributed by atoms with Gasteiger partial charge in [-0.25, -0.2) is 5.43 Å². The van der Waals surface area contributed by atoms with Gasteiger partial charge in [0.2, 0.25) is 0 Å². The van der Waals surface area contributed by atoms with E-state index in [1.807, 2.05) is 12.1 Å². The summed E-state index contributed by atoms with van der Waals surface area (Å²) in [6.07, 6.45) is 3.15. The van der Waals surface area contributed by atoms with Crippen molar-refractivity contribution in [3.63, 3.8) is 0 Å². The Labute approximate surface area is 178 Å². The molecule has 3 rings (SSSR count). The molecule has 2 aromatic rings. The van der Waals surface area contributed by atoms with Crippen molar-refractivity contribution in [1.29, 1.82) is 0 Å². The van der Waals surface area contributed by atoms with Crippen LogP contribution in [0.1, 0.15) is 24.0 Å². The second-order valence-corrected chi connectivity index (χ2v) is 7.24. The quantitative estimate of drug-likeness (QED) is 0.396. The van der Waals surface area contributed by atoms with Gasteiger partial charge in [0.05, 0.1) is 18.3 Å². The number of amides is 2. The summed E-state index contributed by atoms with van der Waals surface area (Å²) in [6, 6.07) is 10.6. The Hall–Kier alpha value is -2.77. The van der Waals surface area contributed by atoms with Crippen LogP contribution < -0.4 is 20.2 Å². The van der Waals surface area contributed by atoms with Crippen LogP contribution in [-0.4, -0.2) is 31.2 Å². The SMILES string of the molecule is COc1cc(/C=N\NC(=O)C(=O)NC2CC2)cc(Cl)c1OCc1ccc(Cl)cc1. The number of hydrazone groups is 1. The van der Waals surface area contributed by atoms with Gasteiger partial charge in [-0.15, -0.1) is 0 Å². The molecule has 2 amide bonds. The van der Waals surface area contributed by atoms with Crippen LogP contribution in [0.5, 0.6) is 11.5 Å². The molecule has 1 fully saturated rings. The minimum atomic E-state index is -0.825. The molecule has 0 atom stereocenters. The second-order valence-electron chi connectivity index (χ2n) is 6.40. The van der Waals surface area contributed by atoms with E-state index in [0.717, 1.165) is 18.4 Å². The van der Waals surface area contributed by atoms with Crippen LogP contribution in [-0.2, 0) is 16.2 Å². The first-order valence-electron chi connectivity index (χ1n) is 8.85. The number of carbonyl (C=O) groups excluding carboxylic acids is 2. The van der Waals surface area contributed by atoms with Gasteiger partial charge < -0.3 is 14.8 Å². The van der Waals surface area contributed by atoms with E-state index in [1.54, 1.807) is 24.3 Å². The number of nitrogens with one attached hydrogen (secondary N) is 2. The van der Waals surface area contributed by atoms with Gasteiger partial charge in [-0.2, -0.15) is 5.10 Å². The van der Waals surface area contributed by atoms with Gasteiger partial charge in [0, 0.05) is 11.1 Å². The van der Waals surface area contributed by atoms with Crippen LogP contribution in [0.4, 0.5) is 0 Å². The van der Waals surface area contributed by atoms with Gasteiger partial charge in [0.25, 0.3) is 0 Å². The largest absolute Gasteiger partial charge is 0.493 e. The Bertz CT molecular complexity index is 928. The first kappa shape index (κ1) is 21.0. The van der Waals surface area contributed by atoms with Gasteiger partial charge in [-0.3, -0.25) is 9.59 Å². The highest BCUT2D eigenvalue weighted by atomic mass is 35.5. The monoisotopic (exact) mass is 435 g/mol. The van der Waals surface area contributed by atoms with Crippen LogP contribution in [0.25, 0.3) is 0 Å². The maximum atomic E-state index is 11.7. The van der Waals surface area contributed by atoms with E-state index in [9.17, 15) is 9.59 Å². The molecule has 7 nitrogen and oxygen atoms in total. The molecule has 0 aromatic heterocycles. The molecule has 1 aliphatic carbocycles. The number of rotatable bonds is 7. The van der Waals surface area contributed by atoms with E-state index in [-0.39, 0.29) is 12.6 Å². The Morgan fingerprint density at radius 2 is 1.90 bits per heavy atom. The number of ether oxygens (including phenoxy) is 2. The maximum absolute atomic E-state index is 11.7. The number of methoxy groups -OCH3 is 1. The predicted octanol–water partition coefficient (Wildman–Crippen LogP) is 3.31. The molecule has 0 radical (unpaired) electrons. The summed E-state index contributed by atoms with van der Waals surface area (Å²) in [7, 11) is 1.49. The topological polar surface area (TPSA) is 89.0 Å². The van der Waals surface area contributed by atoms with Crippen molar-refractivity contribution in [3.05, 3.63) is 57.6 Å². The van der Waals surface area contributed by atoms with Crippen LogP contribution in [0.15, 0.2) is 41.5 Å². The number of nitrogens with zero attached hydrogens (tertiary/aromatic N) is 1. The van der Waals surface area contributed by atoms with Gasteiger partial charge in [-0.05, 0) is 48.2 Å². The summed E-state index contributed by atoms with van der Waals surface area (Å²) in [5.74, 6) is -0.736. The zero-order valence-corrected chi connectivity index (χ0v) is 17.1. The van der Waals surface area contributed by atoms with Crippen molar-refractivity contribution in [2.45, 2.75) is 25.5 Å². The van der Waals surface area contributed by atoms with Crippen LogP contribution in [0.3, 0.4) is 0 Å². The van der Waals surface area contributed by atoms with Crippen LogP contribution in [0, 0.1) is 0 Å². The van der Waals surface area contributed by atoms with Gasteiger partial charge in [0.1, 0.15) is 6.61 Å².